The smallest absolute Gasteiger partial charge is 0.407 e. The largest absolute Gasteiger partial charge is 0.453 e. The van der Waals surface area contributed by atoms with Gasteiger partial charge in [-0.15, -0.1) is 0 Å². The van der Waals surface area contributed by atoms with Crippen LogP contribution in [0.3, 0.4) is 0 Å². The molecule has 65 heavy (non-hydrogen) atoms. The Labute approximate surface area is 379 Å². The maximum absolute atomic E-state index is 16.0. The topological polar surface area (TPSA) is 225 Å². The van der Waals surface area contributed by atoms with Crippen molar-refractivity contribution in [2.45, 2.75) is 155 Å². The van der Waals surface area contributed by atoms with Crippen LogP contribution in [0.4, 0.5) is 4.79 Å². The number of aliphatic hydroxyl groups excluding tert-OH is 1. The number of carbonyl (C=O) groups excluding carboxylic acids is 5. The lowest BCUT2D eigenvalue weighted by Crippen LogP contribution is -2.65. The number of nitro groups is 1. The van der Waals surface area contributed by atoms with Crippen molar-refractivity contribution in [1.82, 2.24) is 5.32 Å². The first-order valence-electron chi connectivity index (χ1n) is 22.9. The number of allylic oxidation sites excluding steroid dienone is 2. The minimum Gasteiger partial charge on any atom is -0.453 e. The lowest BCUT2D eigenvalue weighted by molar-refractivity contribution is -0.584. The van der Waals surface area contributed by atoms with Crippen LogP contribution < -0.4 is 5.32 Å². The van der Waals surface area contributed by atoms with Crippen LogP contribution >= 0.6 is 0 Å². The first-order valence-corrected chi connectivity index (χ1v) is 22.9. The van der Waals surface area contributed by atoms with Gasteiger partial charge in [-0.2, -0.15) is 0 Å². The molecule has 1 saturated carbocycles. The maximum atomic E-state index is 16.0. The van der Waals surface area contributed by atoms with Gasteiger partial charge in [-0.25, -0.2) is 9.59 Å². The second-order valence-corrected chi connectivity index (χ2v) is 19.7. The van der Waals surface area contributed by atoms with Crippen LogP contribution in [0.15, 0.2) is 58.4 Å². The van der Waals surface area contributed by atoms with Crippen molar-refractivity contribution in [3.8, 4) is 0 Å². The standard InChI is InChI=1S/C48H64N2O15/c1-24-13-16-35(63-37-22-46(7,50(57)58)41(28(5)61-37)49-45(56)59-9)25(2)19-33-34(53)20-30(23-51)21-48(33)43(62-29(6)52)38(44(55)65-48)42(54)47(8)32(24)15-14-31-39(47)26(3)18-27(4)40(31)64-36-12-10-11-17-60-36/h13-15,19-20,23,26-28,31-37,39-41,53H,10-12,16-18,21-22H2,1-9H3,(H,49,56)/b24-13+,25-19+/t26-,27-,28+,31-,32-,33+,34-,35-,36?,37-,39+,40-,41-,46-,47+,48-/m0/s1. The van der Waals surface area contributed by atoms with E-state index in [1.165, 1.54) is 13.0 Å². The zero-order chi connectivity index (χ0) is 47.3. The third-order valence-electron chi connectivity index (χ3n) is 15.4. The van der Waals surface area contributed by atoms with Crippen LogP contribution in [0.5, 0.6) is 0 Å². The molecule has 1 amide bonds. The van der Waals surface area contributed by atoms with Crippen molar-refractivity contribution in [1.29, 1.82) is 0 Å². The lowest BCUT2D eigenvalue weighted by atomic mass is 9.48. The van der Waals surface area contributed by atoms with Crippen molar-refractivity contribution >= 4 is 30.1 Å². The summed E-state index contributed by atoms with van der Waals surface area (Å²) in [7, 11) is 1.16. The number of rotatable bonds is 8. The molecular formula is C48H64N2O15. The van der Waals surface area contributed by atoms with Gasteiger partial charge in [0.1, 0.15) is 17.9 Å². The molecule has 1 unspecified atom stereocenters. The zero-order valence-electron chi connectivity index (χ0n) is 38.7. The van der Waals surface area contributed by atoms with Gasteiger partial charge in [0, 0.05) is 49.0 Å². The highest BCUT2D eigenvalue weighted by Gasteiger charge is 2.65. The van der Waals surface area contributed by atoms with Gasteiger partial charge >= 0.3 is 18.0 Å². The van der Waals surface area contributed by atoms with E-state index in [4.69, 9.17) is 33.2 Å². The molecule has 4 aliphatic carbocycles. The van der Waals surface area contributed by atoms with Gasteiger partial charge in [-0.1, -0.05) is 50.6 Å². The van der Waals surface area contributed by atoms with Crippen molar-refractivity contribution in [2.75, 3.05) is 13.7 Å². The Morgan fingerprint density at radius 3 is 2.42 bits per heavy atom. The number of alkyl carbamates (subject to hydrolysis) is 1. The first-order chi connectivity index (χ1) is 30.7. The summed E-state index contributed by atoms with van der Waals surface area (Å²) in [6, 6.07) is -1.08. The summed E-state index contributed by atoms with van der Waals surface area (Å²) in [5, 5.41) is 27.2. The van der Waals surface area contributed by atoms with E-state index in [9.17, 15) is 34.4 Å². The third kappa shape index (κ3) is 8.67. The lowest BCUT2D eigenvalue weighted by Gasteiger charge is -2.56. The third-order valence-corrected chi connectivity index (χ3v) is 15.4. The van der Waals surface area contributed by atoms with Crippen LogP contribution in [0.25, 0.3) is 0 Å². The van der Waals surface area contributed by atoms with Crippen LogP contribution in [-0.2, 0) is 52.3 Å². The highest BCUT2D eigenvalue weighted by atomic mass is 16.7. The van der Waals surface area contributed by atoms with Crippen molar-refractivity contribution in [3.63, 3.8) is 0 Å². The van der Waals surface area contributed by atoms with Crippen molar-refractivity contribution < 1.29 is 67.2 Å². The van der Waals surface area contributed by atoms with E-state index in [-0.39, 0.29) is 54.5 Å². The fourth-order valence-electron chi connectivity index (χ4n) is 12.3. The quantitative estimate of drug-likeness (QED) is 0.0562. The molecule has 16 atom stereocenters. The molecule has 0 aromatic carbocycles. The summed E-state index contributed by atoms with van der Waals surface area (Å²) in [4.78, 5) is 80.9. The molecule has 7 rings (SSSR count). The fourth-order valence-corrected chi connectivity index (χ4v) is 12.3. The molecule has 356 valence electrons. The number of hydrogen-bond acceptors (Lipinski definition) is 15. The highest BCUT2D eigenvalue weighted by Crippen LogP contribution is 2.60. The summed E-state index contributed by atoms with van der Waals surface area (Å²) < 4.78 is 42.8. The number of ether oxygens (including phenoxy) is 7. The maximum Gasteiger partial charge on any atom is 0.407 e. The van der Waals surface area contributed by atoms with E-state index < -0.39 is 106 Å². The predicted octanol–water partition coefficient (Wildman–Crippen LogP) is 5.76. The Morgan fingerprint density at radius 2 is 1.77 bits per heavy atom. The van der Waals surface area contributed by atoms with Gasteiger partial charge in [0.25, 0.3) is 0 Å². The van der Waals surface area contributed by atoms with Gasteiger partial charge in [0.2, 0.25) is 5.54 Å². The molecule has 7 aliphatic rings. The number of nitrogens with zero attached hydrogens (tertiary/aromatic N) is 1. The van der Waals surface area contributed by atoms with Crippen LogP contribution in [0.1, 0.15) is 100 Å². The number of nitrogens with one attached hydrogen (secondary N) is 1. The molecule has 3 fully saturated rings. The highest BCUT2D eigenvalue weighted by molar-refractivity contribution is 6.22. The van der Waals surface area contributed by atoms with Crippen LogP contribution in [0.2, 0.25) is 0 Å². The summed E-state index contributed by atoms with van der Waals surface area (Å²) >= 11 is 0. The Bertz CT molecular complexity index is 2100. The number of hydrogen-bond donors (Lipinski definition) is 2. The number of esters is 2. The number of aliphatic hydroxyl groups is 1. The number of Topliss-reactive ketones (excluding diaryl/α,β-unsaturated/α-hetero) is 1. The number of carbonyl (C=O) groups is 5. The Morgan fingerprint density at radius 1 is 1.03 bits per heavy atom. The van der Waals surface area contributed by atoms with E-state index in [2.05, 4.69) is 25.2 Å². The van der Waals surface area contributed by atoms with E-state index >= 15 is 4.79 Å². The van der Waals surface area contributed by atoms with E-state index in [1.54, 1.807) is 19.9 Å². The number of ketones is 1. The molecule has 0 aromatic rings. The second kappa shape index (κ2) is 18.6. The minimum absolute atomic E-state index is 0.0592. The van der Waals surface area contributed by atoms with Gasteiger partial charge in [0.15, 0.2) is 29.7 Å². The Kier molecular flexibility index (Phi) is 13.9. The number of fused-ring (bicyclic) bond motifs is 3. The Balaban J connectivity index is 1.40. The molecule has 3 heterocycles. The van der Waals surface area contributed by atoms with Crippen LogP contribution in [-0.4, -0.2) is 108 Å². The number of methoxy groups -OCH3 is 1. The van der Waals surface area contributed by atoms with Gasteiger partial charge in [0.05, 0.1) is 43.9 Å². The summed E-state index contributed by atoms with van der Waals surface area (Å²) in [6.45, 7) is 14.5. The van der Waals surface area contributed by atoms with E-state index in [0.717, 1.165) is 38.9 Å². The molecule has 2 saturated heterocycles. The summed E-state index contributed by atoms with van der Waals surface area (Å²) in [5.74, 6) is -5.37. The fraction of sp³-hybridized carbons (Fsp3) is 0.688. The summed E-state index contributed by atoms with van der Waals surface area (Å²) in [5.41, 5.74) is -4.31. The molecule has 2 bridgehead atoms. The molecule has 17 nitrogen and oxygen atoms in total. The Hall–Kier alpha value is -4.55. The SMILES string of the molecule is COC(=O)N[C@H]1[C@@H](C)O[C@@H](O[C@H]2C/C=C(\C)[C@@H]3C=C[C@@H]4[C@@H](OC5CCCCO5)[C@@H](C)C[C@H](C)[C@H]4[C@]3(C)C(=O)C3=C(OC(C)=O)[C@@]4(CC(C=O)=C[C@H](O)[C@H]4/C=C/2C)OC3=O)C[C@]1(C)[N+](=O)[O-]. The predicted molar refractivity (Wildman–Crippen MR) is 231 cm³/mol. The van der Waals surface area contributed by atoms with Crippen LogP contribution in [0, 0.1) is 51.0 Å². The number of aldehydes is 1. The minimum atomic E-state index is -2.03. The van der Waals surface area contributed by atoms with E-state index in [1.807, 2.05) is 26.0 Å². The molecule has 17 heteroatoms. The van der Waals surface area contributed by atoms with Gasteiger partial charge in [-0.3, -0.25) is 24.5 Å². The van der Waals surface area contributed by atoms with Gasteiger partial charge < -0.3 is 43.6 Å². The second-order valence-electron chi connectivity index (χ2n) is 19.7. The monoisotopic (exact) mass is 908 g/mol. The average molecular weight is 909 g/mol. The average Bonchev–Trinajstić information content (AvgIpc) is 3.51. The van der Waals surface area contributed by atoms with Crippen molar-refractivity contribution in [2.24, 2.45) is 40.9 Å². The van der Waals surface area contributed by atoms with E-state index in [0.29, 0.717) is 24.9 Å². The first kappa shape index (κ1) is 48.4. The summed E-state index contributed by atoms with van der Waals surface area (Å²) in [6.07, 6.45) is 6.42. The molecule has 0 aromatic heterocycles. The zero-order valence-corrected chi connectivity index (χ0v) is 38.7. The molecular weight excluding hydrogens is 845 g/mol. The molecule has 3 aliphatic heterocycles. The van der Waals surface area contributed by atoms with Crippen molar-refractivity contribution in [3.05, 3.63) is 68.5 Å². The molecule has 0 radical (unpaired) electrons. The molecule has 2 N–H and O–H groups in total. The normalized spacial score (nSPS) is 43.5. The van der Waals surface area contributed by atoms with Gasteiger partial charge in [-0.05, 0) is 87.9 Å². The number of amides is 1. The molecule has 1 spiro atoms.